The molecule has 2 aromatic rings. The number of halogens is 2. The molecule has 2 rings (SSSR count). The molecule has 0 radical (unpaired) electrons. The van der Waals surface area contributed by atoms with Crippen LogP contribution in [0.15, 0.2) is 42.5 Å². The Labute approximate surface area is 110 Å². The fourth-order valence-corrected chi connectivity index (χ4v) is 1.92. The Morgan fingerprint density at radius 3 is 2.37 bits per heavy atom. The summed E-state index contributed by atoms with van der Waals surface area (Å²) in [6.07, 6.45) is 0.479. The average Bonchev–Trinajstić information content (AvgIpc) is 2.39. The molecule has 19 heavy (non-hydrogen) atoms. The van der Waals surface area contributed by atoms with Gasteiger partial charge in [-0.1, -0.05) is 18.2 Å². The molecular formula is C15H15F2NO. The molecular weight excluding hydrogens is 248 g/mol. The highest BCUT2D eigenvalue weighted by Crippen LogP contribution is 2.21. The number of hydrogen-bond acceptors (Lipinski definition) is 2. The van der Waals surface area contributed by atoms with Crippen LogP contribution in [0.25, 0.3) is 0 Å². The van der Waals surface area contributed by atoms with Crippen molar-refractivity contribution in [1.29, 1.82) is 0 Å². The molecule has 100 valence electrons. The number of nitrogens with two attached hydrogens (primary N) is 1. The van der Waals surface area contributed by atoms with Crippen LogP contribution in [-0.4, -0.2) is 7.11 Å². The summed E-state index contributed by atoms with van der Waals surface area (Å²) in [7, 11) is 1.42. The highest BCUT2D eigenvalue weighted by Gasteiger charge is 2.09. The summed E-state index contributed by atoms with van der Waals surface area (Å²) in [6, 6.07) is 10.5. The summed E-state index contributed by atoms with van der Waals surface area (Å²) in [5.41, 5.74) is 7.61. The summed E-state index contributed by atoms with van der Waals surface area (Å²) in [4.78, 5) is 0. The second-order valence-electron chi connectivity index (χ2n) is 4.33. The maximum atomic E-state index is 13.5. The van der Waals surface area contributed by atoms with Crippen molar-refractivity contribution in [2.45, 2.75) is 12.5 Å². The first-order chi connectivity index (χ1) is 9.10. The van der Waals surface area contributed by atoms with E-state index in [1.54, 1.807) is 24.3 Å². The van der Waals surface area contributed by atoms with E-state index in [0.29, 0.717) is 6.42 Å². The summed E-state index contributed by atoms with van der Waals surface area (Å²) in [6.45, 7) is 0. The van der Waals surface area contributed by atoms with Gasteiger partial charge in [0.1, 0.15) is 5.82 Å². The van der Waals surface area contributed by atoms with E-state index < -0.39 is 5.82 Å². The van der Waals surface area contributed by atoms with Gasteiger partial charge in [0.05, 0.1) is 7.11 Å². The first kappa shape index (κ1) is 13.5. The van der Waals surface area contributed by atoms with Crippen LogP contribution < -0.4 is 10.5 Å². The molecule has 0 fully saturated rings. The number of ether oxygens (including phenoxy) is 1. The lowest BCUT2D eigenvalue weighted by Gasteiger charge is -2.13. The van der Waals surface area contributed by atoms with Gasteiger partial charge in [0.2, 0.25) is 0 Å². The zero-order valence-corrected chi connectivity index (χ0v) is 10.6. The highest BCUT2D eigenvalue weighted by molar-refractivity contribution is 5.31. The molecule has 2 aromatic carbocycles. The van der Waals surface area contributed by atoms with Crippen LogP contribution in [-0.2, 0) is 6.42 Å². The molecule has 0 aliphatic rings. The van der Waals surface area contributed by atoms with Crippen molar-refractivity contribution in [2.24, 2.45) is 5.73 Å². The monoisotopic (exact) mass is 263 g/mol. The number of methoxy groups -OCH3 is 1. The van der Waals surface area contributed by atoms with Crippen molar-refractivity contribution in [3.8, 4) is 5.75 Å². The molecule has 0 heterocycles. The van der Waals surface area contributed by atoms with Gasteiger partial charge in [0, 0.05) is 6.04 Å². The number of rotatable bonds is 4. The predicted octanol–water partition coefficient (Wildman–Crippen LogP) is 3.22. The van der Waals surface area contributed by atoms with E-state index in [2.05, 4.69) is 0 Å². The summed E-state index contributed by atoms with van der Waals surface area (Å²) >= 11 is 0. The van der Waals surface area contributed by atoms with E-state index in [4.69, 9.17) is 10.5 Å². The maximum absolute atomic E-state index is 13.5. The molecule has 0 saturated carbocycles. The van der Waals surface area contributed by atoms with E-state index in [9.17, 15) is 8.78 Å². The van der Waals surface area contributed by atoms with E-state index in [-0.39, 0.29) is 17.6 Å². The minimum Gasteiger partial charge on any atom is -0.494 e. The first-order valence-electron chi connectivity index (χ1n) is 5.93. The third kappa shape index (κ3) is 3.29. The van der Waals surface area contributed by atoms with Crippen molar-refractivity contribution in [1.82, 2.24) is 0 Å². The molecule has 2 nitrogen and oxygen atoms in total. The summed E-state index contributed by atoms with van der Waals surface area (Å²) < 4.78 is 31.2. The Morgan fingerprint density at radius 1 is 1.11 bits per heavy atom. The minimum absolute atomic E-state index is 0.208. The van der Waals surface area contributed by atoms with Crippen molar-refractivity contribution >= 4 is 0 Å². The number of benzene rings is 2. The largest absolute Gasteiger partial charge is 0.494 e. The standard InChI is InChI=1S/C15H15F2NO/c1-19-15-7-2-10(8-13(15)17)9-14(18)11-3-5-12(16)6-4-11/h2-8,14H,9,18H2,1H3. The Morgan fingerprint density at radius 2 is 1.79 bits per heavy atom. The van der Waals surface area contributed by atoms with Gasteiger partial charge < -0.3 is 10.5 Å². The topological polar surface area (TPSA) is 35.2 Å². The van der Waals surface area contributed by atoms with E-state index in [1.165, 1.54) is 25.3 Å². The van der Waals surface area contributed by atoms with Gasteiger partial charge in [-0.2, -0.15) is 0 Å². The van der Waals surface area contributed by atoms with Gasteiger partial charge in [-0.15, -0.1) is 0 Å². The Balaban J connectivity index is 2.12. The van der Waals surface area contributed by atoms with Gasteiger partial charge in [-0.3, -0.25) is 0 Å². The smallest absolute Gasteiger partial charge is 0.165 e. The molecule has 1 atom stereocenters. The fourth-order valence-electron chi connectivity index (χ4n) is 1.92. The molecule has 0 saturated heterocycles. The lowest BCUT2D eigenvalue weighted by Crippen LogP contribution is -2.13. The van der Waals surface area contributed by atoms with Gasteiger partial charge >= 0.3 is 0 Å². The Kier molecular flexibility index (Phi) is 4.12. The predicted molar refractivity (Wildman–Crippen MR) is 70.0 cm³/mol. The summed E-state index contributed by atoms with van der Waals surface area (Å²) in [5, 5.41) is 0. The van der Waals surface area contributed by atoms with E-state index in [0.717, 1.165) is 11.1 Å². The van der Waals surface area contributed by atoms with Crippen molar-refractivity contribution in [3.63, 3.8) is 0 Å². The minimum atomic E-state index is -0.411. The van der Waals surface area contributed by atoms with Gasteiger partial charge in [-0.05, 0) is 41.8 Å². The molecule has 0 bridgehead atoms. The molecule has 0 aliphatic carbocycles. The zero-order valence-electron chi connectivity index (χ0n) is 10.6. The Bertz CT molecular complexity index is 555. The fraction of sp³-hybridized carbons (Fsp3) is 0.200. The normalized spacial score (nSPS) is 12.2. The van der Waals surface area contributed by atoms with Crippen LogP contribution in [0.4, 0.5) is 8.78 Å². The lowest BCUT2D eigenvalue weighted by atomic mass is 9.99. The van der Waals surface area contributed by atoms with Crippen LogP contribution in [0, 0.1) is 11.6 Å². The zero-order chi connectivity index (χ0) is 13.8. The SMILES string of the molecule is COc1ccc(CC(N)c2ccc(F)cc2)cc1F. The highest BCUT2D eigenvalue weighted by atomic mass is 19.1. The van der Waals surface area contributed by atoms with Crippen LogP contribution in [0.2, 0.25) is 0 Å². The molecule has 0 aliphatic heterocycles. The van der Waals surface area contributed by atoms with Crippen molar-refractivity contribution in [2.75, 3.05) is 7.11 Å². The summed E-state index contributed by atoms with van der Waals surface area (Å²) in [5.74, 6) is -0.503. The lowest BCUT2D eigenvalue weighted by molar-refractivity contribution is 0.386. The number of hydrogen-bond donors (Lipinski definition) is 1. The van der Waals surface area contributed by atoms with E-state index >= 15 is 0 Å². The second kappa shape index (κ2) is 5.80. The molecule has 0 spiro atoms. The van der Waals surface area contributed by atoms with Crippen molar-refractivity contribution in [3.05, 3.63) is 65.2 Å². The molecule has 4 heteroatoms. The van der Waals surface area contributed by atoms with Gasteiger partial charge in [0.25, 0.3) is 0 Å². The second-order valence-corrected chi connectivity index (χ2v) is 4.33. The van der Waals surface area contributed by atoms with Crippen LogP contribution >= 0.6 is 0 Å². The third-order valence-corrected chi connectivity index (χ3v) is 2.97. The van der Waals surface area contributed by atoms with Crippen LogP contribution in [0.5, 0.6) is 5.75 Å². The molecule has 0 amide bonds. The van der Waals surface area contributed by atoms with Crippen LogP contribution in [0.3, 0.4) is 0 Å². The first-order valence-corrected chi connectivity index (χ1v) is 5.93. The van der Waals surface area contributed by atoms with Gasteiger partial charge in [-0.25, -0.2) is 8.78 Å². The third-order valence-electron chi connectivity index (χ3n) is 2.97. The van der Waals surface area contributed by atoms with Crippen molar-refractivity contribution < 1.29 is 13.5 Å². The quantitative estimate of drug-likeness (QED) is 0.919. The molecule has 1 unspecified atom stereocenters. The van der Waals surface area contributed by atoms with E-state index in [1.807, 2.05) is 0 Å². The van der Waals surface area contributed by atoms with Gasteiger partial charge in [0.15, 0.2) is 11.6 Å². The Hall–Kier alpha value is -1.94. The molecule has 0 aromatic heterocycles. The molecule has 2 N–H and O–H groups in total. The van der Waals surface area contributed by atoms with Crippen LogP contribution in [0.1, 0.15) is 17.2 Å². The maximum Gasteiger partial charge on any atom is 0.165 e. The average molecular weight is 263 g/mol.